The van der Waals surface area contributed by atoms with E-state index >= 15 is 0 Å². The Hall–Kier alpha value is -2.18. The predicted molar refractivity (Wildman–Crippen MR) is 110 cm³/mol. The fourth-order valence-electron chi connectivity index (χ4n) is 2.50. The van der Waals surface area contributed by atoms with Crippen molar-refractivity contribution in [1.82, 2.24) is 4.57 Å². The highest BCUT2D eigenvalue weighted by Gasteiger charge is 2.38. The first-order chi connectivity index (χ1) is 12.6. The number of ether oxygens (including phenoxy) is 1. The SMILES string of the molecule is COC(=O)c1ccc(=O)n([C@@H](CO[Si](C)(C)C(C)(C)C)c2ccccc2)c1. The van der Waals surface area contributed by atoms with Gasteiger partial charge in [-0.15, -0.1) is 0 Å². The van der Waals surface area contributed by atoms with E-state index in [-0.39, 0.29) is 16.6 Å². The van der Waals surface area contributed by atoms with Crippen LogP contribution in [0.25, 0.3) is 0 Å². The number of esters is 1. The highest BCUT2D eigenvalue weighted by molar-refractivity contribution is 6.74. The molecule has 6 heteroatoms. The van der Waals surface area contributed by atoms with Crippen molar-refractivity contribution >= 4 is 14.3 Å². The molecule has 2 aromatic rings. The summed E-state index contributed by atoms with van der Waals surface area (Å²) in [5.74, 6) is -0.471. The molecular weight excluding hydrogens is 358 g/mol. The fourth-order valence-corrected chi connectivity index (χ4v) is 3.51. The number of methoxy groups -OCH3 is 1. The first-order valence-electron chi connectivity index (χ1n) is 9.06. The van der Waals surface area contributed by atoms with Gasteiger partial charge in [-0.25, -0.2) is 4.79 Å². The summed E-state index contributed by atoms with van der Waals surface area (Å²) >= 11 is 0. The molecule has 0 unspecified atom stereocenters. The van der Waals surface area contributed by atoms with Crippen LogP contribution in [0.1, 0.15) is 42.7 Å². The number of hydrogen-bond donors (Lipinski definition) is 0. The van der Waals surface area contributed by atoms with Crippen molar-refractivity contribution in [2.24, 2.45) is 0 Å². The van der Waals surface area contributed by atoms with Crippen LogP contribution in [0.5, 0.6) is 0 Å². The van der Waals surface area contributed by atoms with E-state index < -0.39 is 14.3 Å². The molecule has 0 fully saturated rings. The summed E-state index contributed by atoms with van der Waals surface area (Å²) in [6, 6.07) is 12.3. The molecule has 1 aromatic carbocycles. The van der Waals surface area contributed by atoms with Crippen LogP contribution < -0.4 is 5.56 Å². The highest BCUT2D eigenvalue weighted by Crippen LogP contribution is 2.37. The summed E-state index contributed by atoms with van der Waals surface area (Å²) in [7, 11) is -0.674. The molecule has 2 rings (SSSR count). The zero-order valence-corrected chi connectivity index (χ0v) is 18.0. The number of carbonyl (C=O) groups is 1. The molecule has 0 aliphatic rings. The maximum Gasteiger partial charge on any atom is 0.339 e. The van der Waals surface area contributed by atoms with Crippen molar-refractivity contribution in [3.05, 3.63) is 70.1 Å². The van der Waals surface area contributed by atoms with Crippen molar-refractivity contribution in [3.63, 3.8) is 0 Å². The average molecular weight is 388 g/mol. The number of aromatic nitrogens is 1. The quantitative estimate of drug-likeness (QED) is 0.549. The van der Waals surface area contributed by atoms with Crippen LogP contribution in [-0.4, -0.2) is 32.6 Å². The number of benzene rings is 1. The monoisotopic (exact) mass is 387 g/mol. The zero-order chi connectivity index (χ0) is 20.2. The smallest absolute Gasteiger partial charge is 0.339 e. The largest absolute Gasteiger partial charge is 0.465 e. The van der Waals surface area contributed by atoms with Crippen LogP contribution in [0.3, 0.4) is 0 Å². The van der Waals surface area contributed by atoms with Crippen molar-refractivity contribution < 1.29 is 14.0 Å². The molecule has 146 valence electrons. The van der Waals surface area contributed by atoms with Gasteiger partial charge in [0, 0.05) is 12.3 Å². The third kappa shape index (κ3) is 4.96. The summed E-state index contributed by atoms with van der Waals surface area (Å²) in [4.78, 5) is 24.5. The Labute approximate surface area is 162 Å². The molecule has 0 bridgehead atoms. The van der Waals surface area contributed by atoms with E-state index in [9.17, 15) is 9.59 Å². The van der Waals surface area contributed by atoms with Gasteiger partial charge in [0.25, 0.3) is 5.56 Å². The maximum absolute atomic E-state index is 12.6. The Kier molecular flexibility index (Phi) is 6.44. The minimum Gasteiger partial charge on any atom is -0.465 e. The lowest BCUT2D eigenvalue weighted by atomic mass is 10.1. The topological polar surface area (TPSA) is 57.5 Å². The van der Waals surface area contributed by atoms with Crippen molar-refractivity contribution in [2.75, 3.05) is 13.7 Å². The first-order valence-corrected chi connectivity index (χ1v) is 12.0. The van der Waals surface area contributed by atoms with Gasteiger partial charge in [0.15, 0.2) is 8.32 Å². The van der Waals surface area contributed by atoms with Crippen LogP contribution in [0.2, 0.25) is 18.1 Å². The van der Waals surface area contributed by atoms with Crippen LogP contribution >= 0.6 is 0 Å². The normalized spacial score (nSPS) is 13.3. The second-order valence-corrected chi connectivity index (χ2v) is 13.0. The number of nitrogens with zero attached hydrogens (tertiary/aromatic N) is 1. The van der Waals surface area contributed by atoms with Crippen molar-refractivity contribution in [2.45, 2.75) is 44.9 Å². The number of carbonyl (C=O) groups excluding carboxylic acids is 1. The molecule has 5 nitrogen and oxygen atoms in total. The molecule has 0 spiro atoms. The molecule has 0 saturated carbocycles. The summed E-state index contributed by atoms with van der Waals surface area (Å²) in [6.45, 7) is 11.3. The molecule has 27 heavy (non-hydrogen) atoms. The van der Waals surface area contributed by atoms with E-state index in [1.54, 1.807) is 10.8 Å². The summed E-state index contributed by atoms with van der Waals surface area (Å²) in [5.41, 5.74) is 1.11. The number of hydrogen-bond acceptors (Lipinski definition) is 4. The Morgan fingerprint density at radius 1 is 1.11 bits per heavy atom. The molecular formula is C21H29NO4Si. The Balaban J connectivity index is 2.46. The number of rotatable bonds is 6. The van der Waals surface area contributed by atoms with E-state index in [1.807, 2.05) is 30.3 Å². The van der Waals surface area contributed by atoms with Crippen LogP contribution in [-0.2, 0) is 9.16 Å². The molecule has 0 aliphatic heterocycles. The lowest BCUT2D eigenvalue weighted by Crippen LogP contribution is -2.43. The molecule has 0 aliphatic carbocycles. The van der Waals surface area contributed by atoms with E-state index in [0.29, 0.717) is 12.2 Å². The van der Waals surface area contributed by atoms with Gasteiger partial charge in [-0.3, -0.25) is 4.79 Å². The van der Waals surface area contributed by atoms with E-state index in [1.165, 1.54) is 19.2 Å². The standard InChI is InChI=1S/C21H29NO4Si/c1-21(2,3)27(5,6)26-15-18(16-10-8-7-9-11-16)22-14-17(20(24)25-4)12-13-19(22)23/h7-14,18H,15H2,1-6H3/t18-/m0/s1. The first kappa shape index (κ1) is 21.1. The molecule has 0 N–H and O–H groups in total. The highest BCUT2D eigenvalue weighted by atomic mass is 28.4. The van der Waals surface area contributed by atoms with Crippen molar-refractivity contribution in [1.29, 1.82) is 0 Å². The second-order valence-electron chi connectivity index (χ2n) is 8.15. The van der Waals surface area contributed by atoms with Crippen LogP contribution in [0.4, 0.5) is 0 Å². The van der Waals surface area contributed by atoms with Crippen molar-refractivity contribution in [3.8, 4) is 0 Å². The van der Waals surface area contributed by atoms with Gasteiger partial charge in [-0.05, 0) is 29.8 Å². The van der Waals surface area contributed by atoms with Gasteiger partial charge in [0.2, 0.25) is 0 Å². The molecule has 1 aromatic heterocycles. The number of pyridine rings is 1. The van der Waals surface area contributed by atoms with Gasteiger partial charge in [0.05, 0.1) is 25.3 Å². The van der Waals surface area contributed by atoms with E-state index in [4.69, 9.17) is 9.16 Å². The maximum atomic E-state index is 12.6. The lowest BCUT2D eigenvalue weighted by Gasteiger charge is -2.37. The Bertz CT molecular complexity index is 837. The van der Waals surface area contributed by atoms with Crippen LogP contribution in [0, 0.1) is 0 Å². The van der Waals surface area contributed by atoms with Gasteiger partial charge in [-0.2, -0.15) is 0 Å². The van der Waals surface area contributed by atoms with Gasteiger partial charge in [0.1, 0.15) is 0 Å². The van der Waals surface area contributed by atoms with Gasteiger partial charge >= 0.3 is 5.97 Å². The minimum absolute atomic E-state index is 0.0626. The van der Waals surface area contributed by atoms with E-state index in [2.05, 4.69) is 33.9 Å². The van der Waals surface area contributed by atoms with E-state index in [0.717, 1.165) is 5.56 Å². The third-order valence-electron chi connectivity index (χ3n) is 5.29. The molecule has 0 saturated heterocycles. The Morgan fingerprint density at radius 2 is 1.74 bits per heavy atom. The van der Waals surface area contributed by atoms with Gasteiger partial charge < -0.3 is 13.7 Å². The van der Waals surface area contributed by atoms with Gasteiger partial charge in [-0.1, -0.05) is 51.1 Å². The Morgan fingerprint density at radius 3 is 2.30 bits per heavy atom. The summed E-state index contributed by atoms with van der Waals surface area (Å²) < 4.78 is 12.8. The molecule has 1 heterocycles. The summed E-state index contributed by atoms with van der Waals surface area (Å²) in [6.07, 6.45) is 1.56. The average Bonchev–Trinajstić information content (AvgIpc) is 2.62. The zero-order valence-electron chi connectivity index (χ0n) is 17.0. The lowest BCUT2D eigenvalue weighted by molar-refractivity contribution is 0.0599. The van der Waals surface area contributed by atoms with Crippen LogP contribution in [0.15, 0.2) is 53.5 Å². The minimum atomic E-state index is -2.00. The molecule has 0 radical (unpaired) electrons. The summed E-state index contributed by atoms with van der Waals surface area (Å²) in [5, 5.41) is 0.0626. The second kappa shape index (κ2) is 8.23. The predicted octanol–water partition coefficient (Wildman–Crippen LogP) is 4.25. The molecule has 0 amide bonds. The third-order valence-corrected chi connectivity index (χ3v) is 9.79. The molecule has 1 atom stereocenters. The fraction of sp³-hybridized carbons (Fsp3) is 0.429.